The minimum atomic E-state index is -1.00. The van der Waals surface area contributed by atoms with Crippen LogP contribution in [0.2, 0.25) is 0 Å². The molecule has 6 atom stereocenters. The first-order valence-electron chi connectivity index (χ1n) is 16.7. The van der Waals surface area contributed by atoms with Crippen LogP contribution < -0.4 is 5.32 Å². The third-order valence-electron chi connectivity index (χ3n) is 9.36. The van der Waals surface area contributed by atoms with Crippen molar-refractivity contribution in [1.29, 1.82) is 0 Å². The van der Waals surface area contributed by atoms with E-state index in [1.165, 1.54) is 0 Å². The maximum Gasteiger partial charge on any atom is 0.303 e. The molecule has 0 bridgehead atoms. The zero-order valence-corrected chi connectivity index (χ0v) is 28.2. The zero-order chi connectivity index (χ0) is 34.9. The number of ether oxygens (including phenoxy) is 2. The van der Waals surface area contributed by atoms with E-state index in [9.17, 15) is 19.8 Å². The van der Waals surface area contributed by atoms with Crippen LogP contribution in [-0.4, -0.2) is 57.8 Å². The van der Waals surface area contributed by atoms with Gasteiger partial charge in [-0.25, -0.2) is 0 Å². The van der Waals surface area contributed by atoms with E-state index in [0.717, 1.165) is 38.9 Å². The lowest BCUT2D eigenvalue weighted by atomic mass is 9.89. The third-order valence-corrected chi connectivity index (χ3v) is 9.36. The van der Waals surface area contributed by atoms with Crippen LogP contribution >= 0.6 is 0 Å². The lowest BCUT2D eigenvalue weighted by Crippen LogP contribution is -2.46. The van der Waals surface area contributed by atoms with Crippen molar-refractivity contribution in [3.8, 4) is 11.1 Å². The molecular weight excluding hydrogens is 620 g/mol. The molecule has 4 N–H and O–H groups in total. The van der Waals surface area contributed by atoms with Gasteiger partial charge in [0.25, 0.3) is 0 Å². The Kier molecular flexibility index (Phi) is 12.3. The summed E-state index contributed by atoms with van der Waals surface area (Å²) >= 11 is 0. The number of nitrogens with one attached hydrogen (secondary N) is 1. The fraction of sp³-hybridized carbons (Fsp3) is 0.350. The number of aliphatic hydroxyl groups is 2. The summed E-state index contributed by atoms with van der Waals surface area (Å²) in [7, 11) is 2.00. The first kappa shape index (κ1) is 35.9. The molecule has 9 heteroatoms. The van der Waals surface area contributed by atoms with E-state index in [2.05, 4.69) is 23.2 Å². The molecule has 0 saturated carbocycles. The average molecular weight is 667 g/mol. The second-order valence-corrected chi connectivity index (χ2v) is 12.9. The first-order chi connectivity index (χ1) is 23.6. The van der Waals surface area contributed by atoms with Crippen LogP contribution in [0.5, 0.6) is 0 Å². The number of rotatable bonds is 14. The van der Waals surface area contributed by atoms with Gasteiger partial charge in [-0.3, -0.25) is 14.5 Å². The molecule has 258 valence electrons. The molecule has 0 spiro atoms. The fourth-order valence-electron chi connectivity index (χ4n) is 6.18. The minimum Gasteiger partial charge on any atom is -0.481 e. The van der Waals surface area contributed by atoms with Gasteiger partial charge < -0.3 is 30.1 Å². The molecule has 0 aromatic heterocycles. The van der Waals surface area contributed by atoms with Crippen LogP contribution in [0.3, 0.4) is 0 Å². The lowest BCUT2D eigenvalue weighted by Gasteiger charge is -2.43. The number of aliphatic carboxylic acids is 1. The second-order valence-electron chi connectivity index (χ2n) is 12.9. The first-order valence-corrected chi connectivity index (χ1v) is 16.7. The highest BCUT2D eigenvalue weighted by Gasteiger charge is 2.39. The Morgan fingerprint density at radius 1 is 0.837 bits per heavy atom. The van der Waals surface area contributed by atoms with E-state index in [1.54, 1.807) is 0 Å². The molecule has 49 heavy (non-hydrogen) atoms. The molecule has 9 nitrogen and oxygen atoms in total. The highest BCUT2D eigenvalue weighted by atomic mass is 16.7. The van der Waals surface area contributed by atoms with Crippen molar-refractivity contribution in [1.82, 2.24) is 10.2 Å². The number of nitrogens with zero attached hydrogens (tertiary/aromatic N) is 1. The number of aliphatic hydroxyl groups excluding tert-OH is 2. The highest BCUT2D eigenvalue weighted by molar-refractivity contribution is 5.80. The average Bonchev–Trinajstić information content (AvgIpc) is 3.13. The van der Waals surface area contributed by atoms with Crippen LogP contribution in [0.15, 0.2) is 103 Å². The Bertz CT molecular complexity index is 1680. The molecule has 1 heterocycles. The molecule has 0 unspecified atom stereocenters. The lowest BCUT2D eigenvalue weighted by molar-refractivity contribution is -0.276. The zero-order valence-electron chi connectivity index (χ0n) is 28.2. The standard InChI is InChI=1S/C40H46N2O7/c1-26-35(24-42(3)27(2)38(47)30-10-5-4-6-11-30)48-40(49-39(26)31-17-15-28(25-43)16-18-31)34-14-8-13-33(22-34)32-12-7-9-29(21-32)23-41-36(44)19-20-37(45)46/h4-18,21-22,26-27,35,38-40,43,47H,19-20,23-25H2,1-3H3,(H,41,44)(H,45,46)/t26-,27+,35+,38+,39+,40+/m0/s1. The van der Waals surface area contributed by atoms with E-state index in [4.69, 9.17) is 14.6 Å². The van der Waals surface area contributed by atoms with E-state index in [1.807, 2.05) is 111 Å². The van der Waals surface area contributed by atoms with E-state index in [-0.39, 0.29) is 49.5 Å². The van der Waals surface area contributed by atoms with Gasteiger partial charge >= 0.3 is 5.97 Å². The Morgan fingerprint density at radius 3 is 2.22 bits per heavy atom. The van der Waals surface area contributed by atoms with Crippen molar-refractivity contribution < 1.29 is 34.4 Å². The van der Waals surface area contributed by atoms with Crippen LogP contribution in [0.1, 0.15) is 73.0 Å². The molecule has 1 fully saturated rings. The van der Waals surface area contributed by atoms with Crippen molar-refractivity contribution in [3.05, 3.63) is 131 Å². The van der Waals surface area contributed by atoms with Gasteiger partial charge in [0.2, 0.25) is 5.91 Å². The summed E-state index contributed by atoms with van der Waals surface area (Å²) in [5.74, 6) is -1.33. The quantitative estimate of drug-likeness (QED) is 0.126. The molecule has 1 saturated heterocycles. The van der Waals surface area contributed by atoms with E-state index in [0.29, 0.717) is 13.1 Å². The summed E-state index contributed by atoms with van der Waals surface area (Å²) < 4.78 is 13.4. The smallest absolute Gasteiger partial charge is 0.303 e. The van der Waals surface area contributed by atoms with E-state index >= 15 is 0 Å². The van der Waals surface area contributed by atoms with Crippen molar-refractivity contribution in [3.63, 3.8) is 0 Å². The van der Waals surface area contributed by atoms with Gasteiger partial charge in [-0.1, -0.05) is 97.9 Å². The topological polar surface area (TPSA) is 129 Å². The highest BCUT2D eigenvalue weighted by Crippen LogP contribution is 2.42. The van der Waals surface area contributed by atoms with Crippen molar-refractivity contribution in [2.45, 2.75) is 70.5 Å². The number of amides is 1. The Hall–Kier alpha value is -4.38. The molecule has 0 radical (unpaired) electrons. The fourth-order valence-corrected chi connectivity index (χ4v) is 6.18. The number of hydrogen-bond acceptors (Lipinski definition) is 7. The summed E-state index contributed by atoms with van der Waals surface area (Å²) in [5.41, 5.74) is 6.36. The van der Waals surface area contributed by atoms with Crippen molar-refractivity contribution in [2.75, 3.05) is 13.6 Å². The van der Waals surface area contributed by atoms with E-state index < -0.39 is 18.4 Å². The Balaban J connectivity index is 1.37. The van der Waals surface area contributed by atoms with Crippen LogP contribution in [-0.2, 0) is 32.2 Å². The van der Waals surface area contributed by atoms with Crippen LogP contribution in [0.4, 0.5) is 0 Å². The molecule has 5 rings (SSSR count). The van der Waals surface area contributed by atoms with Gasteiger partial charge in [-0.15, -0.1) is 0 Å². The number of hydrogen-bond donors (Lipinski definition) is 4. The van der Waals surface area contributed by atoms with Gasteiger partial charge in [0, 0.05) is 37.0 Å². The van der Waals surface area contributed by atoms with Gasteiger partial charge in [0.15, 0.2) is 6.29 Å². The van der Waals surface area contributed by atoms with Gasteiger partial charge in [0.1, 0.15) is 0 Å². The summed E-state index contributed by atoms with van der Waals surface area (Å²) in [4.78, 5) is 25.0. The number of likely N-dealkylation sites (N-methyl/N-ethyl adjacent to an activating group) is 1. The molecule has 1 aliphatic rings. The molecule has 1 amide bonds. The number of benzene rings is 4. The summed E-state index contributed by atoms with van der Waals surface area (Å²) in [6, 6.07) is 33.2. The Morgan fingerprint density at radius 2 is 1.53 bits per heavy atom. The van der Waals surface area contributed by atoms with Crippen LogP contribution in [0.25, 0.3) is 11.1 Å². The largest absolute Gasteiger partial charge is 0.481 e. The molecule has 1 aliphatic heterocycles. The van der Waals surface area contributed by atoms with Gasteiger partial charge in [-0.05, 0) is 59.5 Å². The normalized spacial score (nSPS) is 20.4. The third kappa shape index (κ3) is 9.41. The van der Waals surface area contributed by atoms with Gasteiger partial charge in [0.05, 0.1) is 31.3 Å². The van der Waals surface area contributed by atoms with Crippen LogP contribution in [0, 0.1) is 5.92 Å². The summed E-state index contributed by atoms with van der Waals surface area (Å²) in [6.45, 7) is 4.97. The van der Waals surface area contributed by atoms with Crippen molar-refractivity contribution >= 4 is 11.9 Å². The summed E-state index contributed by atoms with van der Waals surface area (Å²) in [6.07, 6.45) is -2.10. The monoisotopic (exact) mass is 666 g/mol. The van der Waals surface area contributed by atoms with Crippen molar-refractivity contribution in [2.24, 2.45) is 5.92 Å². The predicted molar refractivity (Wildman–Crippen MR) is 187 cm³/mol. The molecule has 4 aromatic carbocycles. The molecule has 0 aliphatic carbocycles. The minimum absolute atomic E-state index is 0.0229. The molecular formula is C40H46N2O7. The maximum absolute atomic E-state index is 12.1. The number of carbonyl (C=O) groups is 2. The summed E-state index contributed by atoms with van der Waals surface area (Å²) in [5, 5.41) is 32.4. The van der Waals surface area contributed by atoms with Gasteiger partial charge in [-0.2, -0.15) is 0 Å². The number of carboxylic acids is 1. The SMILES string of the molecule is C[C@H]1[C@@H](CN(C)[C@H](C)[C@@H](O)c2ccccc2)O[C@@H](c2cccc(-c3cccc(CNC(=O)CCC(=O)O)c3)c2)O[C@H]1c1ccc(CO)cc1. The number of carboxylic acid groups (broad SMARTS) is 1. The molecule has 4 aromatic rings. The maximum atomic E-state index is 12.1. The predicted octanol–water partition coefficient (Wildman–Crippen LogP) is 6.17. The Labute approximate surface area is 288 Å². The number of carbonyl (C=O) groups excluding carboxylic acids is 1. The second kappa shape index (κ2) is 16.8.